The van der Waals surface area contributed by atoms with Crippen molar-refractivity contribution in [2.75, 3.05) is 26.5 Å². The van der Waals surface area contributed by atoms with Gasteiger partial charge in [-0.25, -0.2) is 0 Å². The van der Waals surface area contributed by atoms with Crippen LogP contribution < -0.4 is 10.6 Å². The van der Waals surface area contributed by atoms with Crippen molar-refractivity contribution in [2.24, 2.45) is 0 Å². The first-order chi connectivity index (χ1) is 6.34. The van der Waals surface area contributed by atoms with Crippen molar-refractivity contribution in [1.82, 2.24) is 15.5 Å². The van der Waals surface area contributed by atoms with Crippen LogP contribution in [0.1, 0.15) is 12.8 Å². The van der Waals surface area contributed by atoms with Crippen molar-refractivity contribution in [3.8, 4) is 0 Å². The molecule has 2 saturated heterocycles. The van der Waals surface area contributed by atoms with E-state index in [-0.39, 0.29) is 0 Å². The van der Waals surface area contributed by atoms with Gasteiger partial charge < -0.3 is 15.4 Å². The third kappa shape index (κ3) is 2.52. The van der Waals surface area contributed by atoms with Crippen LogP contribution in [0.15, 0.2) is 0 Å². The maximum atomic E-state index is 5.55. The predicted molar refractivity (Wildman–Crippen MR) is 54.3 cm³/mol. The molecular weight excluding hydrogens is 186 g/mol. The molecule has 0 saturated carbocycles. The van der Waals surface area contributed by atoms with Crippen molar-refractivity contribution in [1.29, 1.82) is 0 Å². The van der Waals surface area contributed by atoms with Crippen LogP contribution in [0, 0.1) is 0 Å². The summed E-state index contributed by atoms with van der Waals surface area (Å²) in [5, 5.41) is 6.95. The minimum absolute atomic E-state index is 0.426. The summed E-state index contributed by atoms with van der Waals surface area (Å²) in [7, 11) is 0. The SMILES string of the molecule is S=C1NCN(C[C@H]2CCCO2)CN1. The van der Waals surface area contributed by atoms with Gasteiger partial charge in [0.2, 0.25) is 0 Å². The molecule has 2 N–H and O–H groups in total. The quantitative estimate of drug-likeness (QED) is 0.608. The van der Waals surface area contributed by atoms with Crippen molar-refractivity contribution >= 4 is 17.3 Å². The third-order valence-electron chi connectivity index (χ3n) is 2.41. The Hall–Kier alpha value is -0.390. The minimum atomic E-state index is 0.426. The third-order valence-corrected chi connectivity index (χ3v) is 2.70. The maximum Gasteiger partial charge on any atom is 0.168 e. The molecule has 4 nitrogen and oxygen atoms in total. The fraction of sp³-hybridized carbons (Fsp3) is 0.875. The molecule has 1 atom stereocenters. The molecule has 13 heavy (non-hydrogen) atoms. The Balaban J connectivity index is 1.72. The topological polar surface area (TPSA) is 36.5 Å². The van der Waals surface area contributed by atoms with E-state index in [0.29, 0.717) is 6.10 Å². The molecule has 0 aromatic rings. The van der Waals surface area contributed by atoms with Gasteiger partial charge in [-0.1, -0.05) is 0 Å². The Bertz CT molecular complexity index is 184. The number of nitrogens with one attached hydrogen (secondary N) is 2. The van der Waals surface area contributed by atoms with E-state index in [1.54, 1.807) is 0 Å². The van der Waals surface area contributed by atoms with Gasteiger partial charge in [0.25, 0.3) is 0 Å². The van der Waals surface area contributed by atoms with Crippen LogP contribution in [0.3, 0.4) is 0 Å². The lowest BCUT2D eigenvalue weighted by molar-refractivity contribution is 0.0683. The molecular formula is C8H15N3OS. The van der Waals surface area contributed by atoms with Crippen LogP contribution in [0.4, 0.5) is 0 Å². The zero-order valence-corrected chi connectivity index (χ0v) is 8.40. The molecule has 2 heterocycles. The highest BCUT2D eigenvalue weighted by Crippen LogP contribution is 2.12. The Morgan fingerprint density at radius 1 is 1.46 bits per heavy atom. The second-order valence-corrected chi connectivity index (χ2v) is 3.90. The molecule has 2 fully saturated rings. The normalized spacial score (nSPS) is 29.8. The Morgan fingerprint density at radius 2 is 2.23 bits per heavy atom. The first-order valence-corrected chi connectivity index (χ1v) is 5.11. The molecule has 0 radical (unpaired) electrons. The Kier molecular flexibility index (Phi) is 2.97. The summed E-state index contributed by atoms with van der Waals surface area (Å²) < 4.78 is 5.55. The van der Waals surface area contributed by atoms with Gasteiger partial charge in [-0.05, 0) is 25.1 Å². The summed E-state index contributed by atoms with van der Waals surface area (Å²) in [6.45, 7) is 3.61. The number of rotatable bonds is 2. The highest BCUT2D eigenvalue weighted by atomic mass is 32.1. The lowest BCUT2D eigenvalue weighted by atomic mass is 10.2. The molecule has 0 unspecified atom stereocenters. The van der Waals surface area contributed by atoms with Crippen molar-refractivity contribution in [3.05, 3.63) is 0 Å². The number of hydrogen-bond donors (Lipinski definition) is 2. The molecule has 0 amide bonds. The molecule has 2 aliphatic rings. The van der Waals surface area contributed by atoms with Gasteiger partial charge in [-0.3, -0.25) is 4.90 Å². The second kappa shape index (κ2) is 4.21. The molecule has 2 rings (SSSR count). The van der Waals surface area contributed by atoms with Gasteiger partial charge in [0, 0.05) is 13.2 Å². The van der Waals surface area contributed by atoms with Crippen LogP contribution in [0.2, 0.25) is 0 Å². The first kappa shape index (κ1) is 9.18. The van der Waals surface area contributed by atoms with Crippen molar-refractivity contribution < 1.29 is 4.74 Å². The van der Waals surface area contributed by atoms with E-state index in [2.05, 4.69) is 15.5 Å². The molecule has 2 aliphatic heterocycles. The van der Waals surface area contributed by atoms with Crippen molar-refractivity contribution in [3.63, 3.8) is 0 Å². The number of nitrogens with zero attached hydrogens (tertiary/aromatic N) is 1. The monoisotopic (exact) mass is 201 g/mol. The smallest absolute Gasteiger partial charge is 0.168 e. The zero-order valence-electron chi connectivity index (χ0n) is 7.58. The number of ether oxygens (including phenoxy) is 1. The second-order valence-electron chi connectivity index (χ2n) is 3.49. The van der Waals surface area contributed by atoms with Crippen LogP contribution in [0.5, 0.6) is 0 Å². The van der Waals surface area contributed by atoms with Gasteiger partial charge in [-0.15, -0.1) is 0 Å². The van der Waals surface area contributed by atoms with Crippen LogP contribution in [0.25, 0.3) is 0 Å². The van der Waals surface area contributed by atoms with E-state index in [1.165, 1.54) is 12.8 Å². The summed E-state index contributed by atoms with van der Waals surface area (Å²) in [6, 6.07) is 0. The summed E-state index contributed by atoms with van der Waals surface area (Å²) in [5.41, 5.74) is 0. The number of hydrogen-bond acceptors (Lipinski definition) is 3. The van der Waals surface area contributed by atoms with E-state index in [1.807, 2.05) is 0 Å². The van der Waals surface area contributed by atoms with E-state index < -0.39 is 0 Å². The van der Waals surface area contributed by atoms with Crippen molar-refractivity contribution in [2.45, 2.75) is 18.9 Å². The average molecular weight is 201 g/mol. The molecule has 0 aromatic heterocycles. The fourth-order valence-corrected chi connectivity index (χ4v) is 1.82. The van der Waals surface area contributed by atoms with Gasteiger partial charge in [0.05, 0.1) is 19.4 Å². The van der Waals surface area contributed by atoms with Gasteiger partial charge in [-0.2, -0.15) is 0 Å². The lowest BCUT2D eigenvalue weighted by Gasteiger charge is -2.30. The summed E-state index contributed by atoms with van der Waals surface area (Å²) in [4.78, 5) is 2.27. The molecule has 0 aliphatic carbocycles. The van der Waals surface area contributed by atoms with Crippen LogP contribution in [-0.2, 0) is 4.74 Å². The van der Waals surface area contributed by atoms with E-state index in [9.17, 15) is 0 Å². The first-order valence-electron chi connectivity index (χ1n) is 4.70. The molecule has 74 valence electrons. The van der Waals surface area contributed by atoms with E-state index in [4.69, 9.17) is 17.0 Å². The highest BCUT2D eigenvalue weighted by Gasteiger charge is 2.20. The molecule has 0 spiro atoms. The summed E-state index contributed by atoms with van der Waals surface area (Å²) in [5.74, 6) is 0. The lowest BCUT2D eigenvalue weighted by Crippen LogP contribution is -2.55. The maximum absolute atomic E-state index is 5.55. The minimum Gasteiger partial charge on any atom is -0.377 e. The van der Waals surface area contributed by atoms with Gasteiger partial charge in [0.15, 0.2) is 5.11 Å². The molecule has 0 aromatic carbocycles. The van der Waals surface area contributed by atoms with Gasteiger partial charge in [0.1, 0.15) is 0 Å². The van der Waals surface area contributed by atoms with E-state index in [0.717, 1.165) is 31.6 Å². The van der Waals surface area contributed by atoms with Crippen LogP contribution in [-0.4, -0.2) is 42.6 Å². The largest absolute Gasteiger partial charge is 0.377 e. The summed E-state index contributed by atoms with van der Waals surface area (Å²) in [6.07, 6.45) is 2.83. The highest BCUT2D eigenvalue weighted by molar-refractivity contribution is 7.80. The molecule has 5 heteroatoms. The Labute approximate surface area is 83.6 Å². The average Bonchev–Trinajstić information content (AvgIpc) is 2.62. The number of thiocarbonyl (C=S) groups is 1. The molecule has 0 bridgehead atoms. The fourth-order valence-electron chi connectivity index (χ4n) is 1.69. The van der Waals surface area contributed by atoms with Crippen LogP contribution >= 0.6 is 12.2 Å². The predicted octanol–water partition coefficient (Wildman–Crippen LogP) is -0.140. The summed E-state index contributed by atoms with van der Waals surface area (Å²) >= 11 is 4.96. The van der Waals surface area contributed by atoms with E-state index >= 15 is 0 Å². The zero-order chi connectivity index (χ0) is 9.10. The van der Waals surface area contributed by atoms with Gasteiger partial charge >= 0.3 is 0 Å². The Morgan fingerprint density at radius 3 is 2.85 bits per heavy atom. The standard InChI is InChI=1S/C8H15N3OS/c13-8-9-5-11(6-10-8)4-7-2-1-3-12-7/h7H,1-6H2,(H2,9,10,13)/t7-/m1/s1.